The molecule has 0 amide bonds. The Morgan fingerprint density at radius 2 is 1.72 bits per heavy atom. The van der Waals surface area contributed by atoms with E-state index in [4.69, 9.17) is 4.74 Å². The van der Waals surface area contributed by atoms with Crippen LogP contribution in [0.5, 0.6) is 0 Å². The molecule has 1 spiro atoms. The number of nitrogens with one attached hydrogen (secondary N) is 1. The van der Waals surface area contributed by atoms with E-state index in [1.54, 1.807) is 11.1 Å². The van der Waals surface area contributed by atoms with Crippen LogP contribution in [0, 0.1) is 11.8 Å². The average molecular weight is 243 g/mol. The molecule has 2 heteroatoms. The fourth-order valence-electron chi connectivity index (χ4n) is 4.43. The zero-order valence-electron chi connectivity index (χ0n) is 10.8. The zero-order valence-corrected chi connectivity index (χ0v) is 10.8. The lowest BCUT2D eigenvalue weighted by Gasteiger charge is -2.42. The van der Waals surface area contributed by atoms with E-state index in [9.17, 15) is 0 Å². The number of fused-ring (bicyclic) bond motifs is 1. The van der Waals surface area contributed by atoms with Gasteiger partial charge in [0, 0.05) is 13.1 Å². The van der Waals surface area contributed by atoms with E-state index in [0.29, 0.717) is 0 Å². The minimum atomic E-state index is 0.136. The summed E-state index contributed by atoms with van der Waals surface area (Å²) in [4.78, 5) is 0. The third-order valence-electron chi connectivity index (χ3n) is 5.35. The largest absolute Gasteiger partial charge is 0.372 e. The number of hydrogen-bond donors (Lipinski definition) is 1. The maximum absolute atomic E-state index is 6.34. The quantitative estimate of drug-likeness (QED) is 0.754. The molecule has 2 fully saturated rings. The predicted octanol–water partition coefficient (Wildman–Crippen LogP) is 2.17. The van der Waals surface area contributed by atoms with Gasteiger partial charge in [-0.05, 0) is 48.6 Å². The Hall–Kier alpha value is -0.860. The van der Waals surface area contributed by atoms with Crippen molar-refractivity contribution in [3.63, 3.8) is 0 Å². The highest BCUT2D eigenvalue weighted by molar-refractivity contribution is 5.32. The van der Waals surface area contributed by atoms with E-state index < -0.39 is 0 Å². The molecule has 4 rings (SSSR count). The van der Waals surface area contributed by atoms with Crippen LogP contribution in [0.4, 0.5) is 0 Å². The summed E-state index contributed by atoms with van der Waals surface area (Å²) in [6.45, 7) is 2.98. The normalized spacial score (nSPS) is 38.4. The molecular formula is C16H21NO. The van der Waals surface area contributed by atoms with Crippen molar-refractivity contribution in [3.05, 3.63) is 35.4 Å². The van der Waals surface area contributed by atoms with Crippen molar-refractivity contribution < 1.29 is 4.74 Å². The van der Waals surface area contributed by atoms with Crippen molar-refractivity contribution >= 4 is 0 Å². The first-order valence-electron chi connectivity index (χ1n) is 7.30. The number of rotatable bonds is 0. The van der Waals surface area contributed by atoms with Crippen molar-refractivity contribution in [3.8, 4) is 0 Å². The van der Waals surface area contributed by atoms with Gasteiger partial charge in [0.15, 0.2) is 0 Å². The lowest BCUT2D eigenvalue weighted by molar-refractivity contribution is -0.116. The fourth-order valence-corrected chi connectivity index (χ4v) is 4.43. The topological polar surface area (TPSA) is 21.3 Å². The Kier molecular flexibility index (Phi) is 2.49. The molecule has 2 unspecified atom stereocenters. The summed E-state index contributed by atoms with van der Waals surface area (Å²) in [5.74, 6) is 1.44. The van der Waals surface area contributed by atoms with Gasteiger partial charge in [-0.2, -0.15) is 0 Å². The molecule has 1 N–H and O–H groups in total. The van der Waals surface area contributed by atoms with Crippen LogP contribution in [0.3, 0.4) is 0 Å². The first kappa shape index (κ1) is 11.0. The smallest absolute Gasteiger partial charge is 0.0869 e. The lowest BCUT2D eigenvalue weighted by Crippen LogP contribution is -2.56. The Labute approximate surface area is 109 Å². The maximum atomic E-state index is 6.34. The van der Waals surface area contributed by atoms with Gasteiger partial charge in [0.25, 0.3) is 0 Å². The third-order valence-corrected chi connectivity index (χ3v) is 5.35. The Morgan fingerprint density at radius 1 is 1.06 bits per heavy atom. The maximum Gasteiger partial charge on any atom is 0.0869 e. The molecule has 96 valence electrons. The van der Waals surface area contributed by atoms with E-state index in [-0.39, 0.29) is 5.60 Å². The molecule has 0 aromatic heterocycles. The standard InChI is InChI=1S/C16H21NO/c1-2-4-13-10-15-6-5-14(9-12(13)3-1)16(15)11-17-7-8-18-16/h1-4,14-15,17H,5-11H2. The molecule has 2 nitrogen and oxygen atoms in total. The van der Waals surface area contributed by atoms with Crippen molar-refractivity contribution in [1.29, 1.82) is 0 Å². The van der Waals surface area contributed by atoms with Gasteiger partial charge < -0.3 is 10.1 Å². The van der Waals surface area contributed by atoms with Crippen LogP contribution in [-0.2, 0) is 17.6 Å². The molecule has 0 radical (unpaired) electrons. The van der Waals surface area contributed by atoms with Gasteiger partial charge in [0.1, 0.15) is 0 Å². The van der Waals surface area contributed by atoms with Gasteiger partial charge in [0.2, 0.25) is 0 Å². The van der Waals surface area contributed by atoms with Crippen molar-refractivity contribution in [2.45, 2.75) is 31.3 Å². The molecule has 18 heavy (non-hydrogen) atoms. The van der Waals surface area contributed by atoms with Crippen LogP contribution in [0.25, 0.3) is 0 Å². The second-order valence-electron chi connectivity index (χ2n) is 6.13. The van der Waals surface area contributed by atoms with Gasteiger partial charge in [-0.25, -0.2) is 0 Å². The van der Waals surface area contributed by atoms with Gasteiger partial charge in [-0.1, -0.05) is 24.3 Å². The zero-order chi connectivity index (χ0) is 12.0. The van der Waals surface area contributed by atoms with Crippen LogP contribution < -0.4 is 5.32 Å². The molecule has 1 saturated carbocycles. The molecule has 3 aliphatic rings. The number of benzene rings is 1. The number of hydrogen-bond acceptors (Lipinski definition) is 2. The molecule has 1 aliphatic heterocycles. The summed E-state index contributed by atoms with van der Waals surface area (Å²) in [7, 11) is 0. The van der Waals surface area contributed by atoms with Crippen LogP contribution in [0.15, 0.2) is 24.3 Å². The summed E-state index contributed by atoms with van der Waals surface area (Å²) in [5, 5.41) is 3.58. The highest BCUT2D eigenvalue weighted by Crippen LogP contribution is 2.49. The lowest BCUT2D eigenvalue weighted by atomic mass is 9.81. The fraction of sp³-hybridized carbons (Fsp3) is 0.625. The minimum absolute atomic E-state index is 0.136. The first-order valence-corrected chi connectivity index (χ1v) is 7.30. The SMILES string of the molecule is c1ccc2c(c1)CC1CCC(C2)C12CNCCO2. The summed E-state index contributed by atoms with van der Waals surface area (Å²) < 4.78 is 6.34. The van der Waals surface area contributed by atoms with Gasteiger partial charge in [-0.15, -0.1) is 0 Å². The van der Waals surface area contributed by atoms with Crippen molar-refractivity contribution in [2.24, 2.45) is 11.8 Å². The van der Waals surface area contributed by atoms with E-state index >= 15 is 0 Å². The molecule has 1 aromatic carbocycles. The molecule has 1 heterocycles. The third kappa shape index (κ3) is 1.49. The number of ether oxygens (including phenoxy) is 1. The summed E-state index contributed by atoms with van der Waals surface area (Å²) in [5.41, 5.74) is 3.27. The molecule has 2 atom stereocenters. The summed E-state index contributed by atoms with van der Waals surface area (Å²) >= 11 is 0. The molecule has 1 aromatic rings. The van der Waals surface area contributed by atoms with Crippen molar-refractivity contribution in [1.82, 2.24) is 5.32 Å². The highest BCUT2D eigenvalue weighted by atomic mass is 16.5. The van der Waals surface area contributed by atoms with E-state index in [1.807, 2.05) is 0 Å². The Bertz CT molecular complexity index is 415. The highest BCUT2D eigenvalue weighted by Gasteiger charge is 2.53. The van der Waals surface area contributed by atoms with Crippen LogP contribution >= 0.6 is 0 Å². The molecule has 2 aliphatic carbocycles. The Morgan fingerprint density at radius 3 is 2.28 bits per heavy atom. The second-order valence-corrected chi connectivity index (χ2v) is 6.13. The molecular weight excluding hydrogens is 222 g/mol. The van der Waals surface area contributed by atoms with Gasteiger partial charge >= 0.3 is 0 Å². The van der Waals surface area contributed by atoms with Crippen molar-refractivity contribution in [2.75, 3.05) is 19.7 Å². The average Bonchev–Trinajstić information content (AvgIpc) is 2.63. The van der Waals surface area contributed by atoms with E-state index in [1.165, 1.54) is 25.7 Å². The van der Waals surface area contributed by atoms with E-state index in [0.717, 1.165) is 31.5 Å². The number of morpholine rings is 1. The van der Waals surface area contributed by atoms with Crippen LogP contribution in [-0.4, -0.2) is 25.3 Å². The second kappa shape index (κ2) is 4.07. The van der Waals surface area contributed by atoms with Crippen LogP contribution in [0.2, 0.25) is 0 Å². The predicted molar refractivity (Wildman–Crippen MR) is 71.6 cm³/mol. The van der Waals surface area contributed by atoms with Gasteiger partial charge in [-0.3, -0.25) is 0 Å². The monoisotopic (exact) mass is 243 g/mol. The van der Waals surface area contributed by atoms with Gasteiger partial charge in [0.05, 0.1) is 12.2 Å². The first-order chi connectivity index (χ1) is 8.88. The summed E-state index contributed by atoms with van der Waals surface area (Å²) in [6.07, 6.45) is 5.13. The molecule has 2 bridgehead atoms. The minimum Gasteiger partial charge on any atom is -0.372 e. The van der Waals surface area contributed by atoms with E-state index in [2.05, 4.69) is 29.6 Å². The Balaban J connectivity index is 1.74. The summed E-state index contributed by atoms with van der Waals surface area (Å²) in [6, 6.07) is 9.01. The molecule has 1 saturated heterocycles. The van der Waals surface area contributed by atoms with Crippen LogP contribution in [0.1, 0.15) is 24.0 Å².